The zero-order valence-corrected chi connectivity index (χ0v) is 69.5. The van der Waals surface area contributed by atoms with Crippen LogP contribution in [0.25, 0.3) is 55.2 Å². The zero-order chi connectivity index (χ0) is 81.0. The second-order valence-electron chi connectivity index (χ2n) is 24.6. The van der Waals surface area contributed by atoms with E-state index in [0.717, 1.165) is 150 Å². The van der Waals surface area contributed by atoms with Crippen LogP contribution in [0.15, 0.2) is 340 Å². The van der Waals surface area contributed by atoms with E-state index >= 15 is 0 Å². The number of aryl methyl sites for hydroxylation is 7. The van der Waals surface area contributed by atoms with Gasteiger partial charge in [-0.3, -0.25) is 33.5 Å². The van der Waals surface area contributed by atoms with Gasteiger partial charge in [0.05, 0.1) is 20.9 Å². The third-order valence-electron chi connectivity index (χ3n) is 16.3. The molecule has 0 amide bonds. The molecule has 0 aliphatic carbocycles. The molecule has 0 unspecified atom stereocenters. The van der Waals surface area contributed by atoms with E-state index in [1.807, 2.05) is 204 Å². The number of carboxylic acids is 1. The van der Waals surface area contributed by atoms with Gasteiger partial charge in [-0.25, -0.2) is 0 Å². The van der Waals surface area contributed by atoms with Gasteiger partial charge in [-0.1, -0.05) is 250 Å². The number of pyridine rings is 3. The van der Waals surface area contributed by atoms with Gasteiger partial charge in [0.1, 0.15) is 28.6 Å². The molecule has 9 aromatic carbocycles. The number of halogens is 5. The van der Waals surface area contributed by atoms with Gasteiger partial charge in [0.2, 0.25) is 0 Å². The summed E-state index contributed by atoms with van der Waals surface area (Å²) < 4.78 is 29.8. The van der Waals surface area contributed by atoms with Crippen molar-refractivity contribution in [2.45, 2.75) is 84.7 Å². The number of aromatic nitrogens is 9. The number of aromatic hydroxyl groups is 1. The molecule has 5 heterocycles. The number of aliphatic hydroxyl groups excluding tert-OH is 1. The maximum atomic E-state index is 10.2. The summed E-state index contributed by atoms with van der Waals surface area (Å²) in [6.45, 7) is 2.53. The standard InChI is InChI=1S/C28H24N4O.C16H15BrN4.C12H10O.C9H10BrN3.C9H9BrO2.C9H11BrO.C7H5N.CH3F.CH4.Al.Li.4H/c1-2-9-23(10-3-1)26-12-4-5-13-28(26)33-25-16-14-22(15-17-25)8-7-19-32-21-27(30-31-32)24-11-6-18-29-20-24;17-15-7-5-13(6-8-15)3-2-10-21-12-16(19-20-21)14-4-1-9-18-11-14;13-12-9-5-4-8-11(12)10-6-2-1-3-7-10;10-9-5-3-8(4-6-9)2-1-7-12-13-11;10-8-4-1-7(2-5-8)3-6-9(11)12;10-9-5-3-8(4-6-9)2-1-7-11;1-2-7-4-3-5-8-6-7;1-2;;;;;;;/h1-6,9-18,20-21H,7-8,19H2;1,4-9,11-12H,2-3,10H2;1-9,13H;3-6H,1-2,7H2;1-2,4-5H,3,6H2,(H,11,12);3-6,11H,1-2,7H2;1,3-6H;1H3;1H4;;;;;;/q;;;;;;;;;;+1;;;;-1/i;;;;;;;1D;;;;;;;. The number of alkyl halides is 1. The Balaban J connectivity index is 0.000000371. The number of rotatable bonds is 24. The summed E-state index contributed by atoms with van der Waals surface area (Å²) in [4.78, 5) is 25.0. The number of hydrogen-bond acceptors (Lipinski definition) is 12. The van der Waals surface area contributed by atoms with Crippen LogP contribution in [0.3, 0.4) is 0 Å². The van der Waals surface area contributed by atoms with E-state index in [-0.39, 0.29) is 58.1 Å². The first-order chi connectivity index (χ1) is 55.7. The number of phenols is 1. The minimum Gasteiger partial charge on any atom is -1.00 e. The number of aliphatic hydroxyl groups is 1. The Hall–Kier alpha value is -10.4. The molecule has 0 aliphatic heterocycles. The van der Waals surface area contributed by atoms with Gasteiger partial charge in [0.15, 0.2) is 17.4 Å². The maximum Gasteiger partial charge on any atom is 1.00 e. The molecule has 0 atom stereocenters. The van der Waals surface area contributed by atoms with Crippen molar-refractivity contribution in [1.29, 1.82) is 0 Å². The zero-order valence-electron chi connectivity index (χ0n) is 65.1. The van der Waals surface area contributed by atoms with Crippen LogP contribution in [0.5, 0.6) is 17.2 Å². The monoisotopic (exact) mass is 1820 g/mol. The fourth-order valence-electron chi connectivity index (χ4n) is 10.6. The van der Waals surface area contributed by atoms with Crippen molar-refractivity contribution in [2.75, 3.05) is 20.3 Å². The van der Waals surface area contributed by atoms with Crippen LogP contribution in [0, 0.1) is 12.3 Å². The second kappa shape index (κ2) is 58.4. The van der Waals surface area contributed by atoms with Crippen LogP contribution in [-0.4, -0.2) is 104 Å². The van der Waals surface area contributed by atoms with Crippen LogP contribution in [-0.2, 0) is 50.0 Å². The molecule has 5 aromatic heterocycles. The second-order valence-corrected chi connectivity index (χ2v) is 28.2. The maximum absolute atomic E-state index is 10.2. The van der Waals surface area contributed by atoms with E-state index in [0.29, 0.717) is 18.7 Å². The van der Waals surface area contributed by atoms with Crippen LogP contribution >= 0.6 is 63.7 Å². The van der Waals surface area contributed by atoms with Gasteiger partial charge in [0.25, 0.3) is 0 Å². The van der Waals surface area contributed by atoms with Crippen molar-refractivity contribution >= 4 is 87.1 Å². The Bertz CT molecular complexity index is 5080. The summed E-state index contributed by atoms with van der Waals surface area (Å²) in [6.07, 6.45) is 28.0. The van der Waals surface area contributed by atoms with Crippen molar-refractivity contribution in [3.63, 3.8) is 0 Å². The average molecular weight is 1820 g/mol. The first-order valence-corrected chi connectivity index (χ1v) is 39.3. The van der Waals surface area contributed by atoms with Crippen molar-refractivity contribution in [2.24, 2.45) is 5.11 Å². The molecule has 592 valence electrons. The fourth-order valence-corrected chi connectivity index (χ4v) is 11.6. The summed E-state index contributed by atoms with van der Waals surface area (Å²) in [6, 6.07) is 87.9. The molecule has 0 spiro atoms. The molecular weight excluding hydrogens is 1730 g/mol. The minimum atomic E-state index is -1.00. The third-order valence-corrected chi connectivity index (χ3v) is 18.4. The molecule has 0 fully saturated rings. The Morgan fingerprint density at radius 2 is 0.905 bits per heavy atom. The molecule has 116 heavy (non-hydrogen) atoms. The van der Waals surface area contributed by atoms with Gasteiger partial charge in [0, 0.05) is 120 Å². The molecule has 0 aliphatic rings. The van der Waals surface area contributed by atoms with Gasteiger partial charge < -0.3 is 21.5 Å². The van der Waals surface area contributed by atoms with Crippen molar-refractivity contribution in [3.8, 4) is 74.4 Å². The molecule has 3 N–H and O–H groups in total. The number of para-hydroxylation sites is 2. The van der Waals surface area contributed by atoms with E-state index < -0.39 is 13.1 Å². The molecule has 14 rings (SSSR count). The summed E-state index contributed by atoms with van der Waals surface area (Å²) in [5.41, 5.74) is 22.9. The number of phenolic OH excluding ortho intramolecular Hbond substituents is 1. The van der Waals surface area contributed by atoms with E-state index in [4.69, 9.17) is 28.3 Å². The summed E-state index contributed by atoms with van der Waals surface area (Å²) >= 11 is 13.5. The van der Waals surface area contributed by atoms with Crippen molar-refractivity contribution in [1.82, 2.24) is 44.9 Å². The predicted octanol–water partition coefficient (Wildman–Crippen LogP) is 20.0. The molecule has 0 radical (unpaired) electrons. The van der Waals surface area contributed by atoms with Crippen molar-refractivity contribution < 1.29 is 50.9 Å². The number of carboxylic acid groups (broad SMARTS) is 1. The van der Waals surface area contributed by atoms with E-state index in [9.17, 15) is 14.3 Å². The summed E-state index contributed by atoms with van der Waals surface area (Å²) in [5, 5.41) is 46.9. The Labute approximate surface area is 739 Å². The van der Waals surface area contributed by atoms with E-state index in [1.54, 1.807) is 43.2 Å². The molecule has 17 nitrogen and oxygen atoms in total. The SMILES string of the molecule is Brc1ccc(CCCn2cc(-c3cccnc3)nn2)cc1.C.C#Cc1cccnc1.O=C(O)CCc1ccc(Br)cc1.OCCCc1ccc(Br)cc1.Oc1ccccc1-c1ccccc1.[2H]CF.[AlH3].[H-].[Li+].[N-]=[N+]=NCCCc1ccc(Br)cc1.c1ccc(-c2ccccc2Oc2ccc(CCCn3cc(-c4cccnc4)nn3)cc2)cc1. The first-order valence-electron chi connectivity index (χ1n) is 36.8. The number of ether oxygens (including phenoxy) is 1. The van der Waals surface area contributed by atoms with Crippen LogP contribution in [0.1, 0.15) is 75.7 Å². The largest absolute Gasteiger partial charge is 1.00 e. The van der Waals surface area contributed by atoms with Gasteiger partial charge >= 0.3 is 24.8 Å². The quantitative estimate of drug-likeness (QED) is 0.0128. The number of terminal acetylenes is 1. The van der Waals surface area contributed by atoms with Crippen LogP contribution in [0.4, 0.5) is 4.39 Å². The molecule has 0 saturated heterocycles. The summed E-state index contributed by atoms with van der Waals surface area (Å²) in [5.74, 6) is 3.73. The van der Waals surface area contributed by atoms with E-state index in [1.165, 1.54) is 22.3 Å². The molecular formula is C92H95AlBr4FLiN12O5. The Kier molecular flexibility index (Phi) is 48.4. The Morgan fingerprint density at radius 1 is 0.526 bits per heavy atom. The number of benzene rings is 9. The Morgan fingerprint density at radius 3 is 1.30 bits per heavy atom. The molecule has 14 aromatic rings. The number of aliphatic carboxylic acids is 1. The first kappa shape index (κ1) is 96.2. The molecule has 24 heteroatoms. The average Bonchev–Trinajstić information content (AvgIpc) is 1.24. The molecule has 0 bridgehead atoms. The number of hydrogen-bond donors (Lipinski definition) is 3. The fraction of sp³-hybridized carbons (Fsp3) is 0.174. The summed E-state index contributed by atoms with van der Waals surface area (Å²) in [7, 11) is -1.00. The normalized spacial score (nSPS) is 9.82. The number of nitrogens with zero attached hydrogens (tertiary/aromatic N) is 12. The minimum absolute atomic E-state index is 0. The third kappa shape index (κ3) is 38.4. The van der Waals surface area contributed by atoms with Crippen LogP contribution < -0.4 is 23.6 Å². The van der Waals surface area contributed by atoms with Gasteiger partial charge in [-0.2, -0.15) is 0 Å². The molecule has 0 saturated carbocycles. The predicted molar refractivity (Wildman–Crippen MR) is 482 cm³/mol. The number of carbonyl (C=O) groups is 1. The van der Waals surface area contributed by atoms with E-state index in [2.05, 4.69) is 194 Å². The van der Waals surface area contributed by atoms with Crippen molar-refractivity contribution in [3.05, 3.63) is 378 Å². The topological polar surface area (TPSA) is 236 Å². The van der Waals surface area contributed by atoms with Crippen LogP contribution in [0.2, 0.25) is 0 Å². The number of azide groups is 1. The van der Waals surface area contributed by atoms with Gasteiger partial charge in [-0.15, -0.1) is 16.6 Å². The smallest absolute Gasteiger partial charge is 1.00 e. The van der Waals surface area contributed by atoms with Gasteiger partial charge in [-0.05, 0) is 211 Å².